The molecule has 117 valence electrons. The van der Waals surface area contributed by atoms with Crippen LogP contribution in [-0.4, -0.2) is 37.0 Å². The van der Waals surface area contributed by atoms with Crippen LogP contribution in [0.15, 0.2) is 0 Å². The van der Waals surface area contributed by atoms with Crippen LogP contribution in [0.4, 0.5) is 0 Å². The zero-order valence-corrected chi connectivity index (χ0v) is 19.5. The van der Waals surface area contributed by atoms with E-state index in [1.54, 1.807) is 0 Å². The Morgan fingerprint density at radius 3 is 0.647 bits per heavy atom. The van der Waals surface area contributed by atoms with Gasteiger partial charge in [-0.1, -0.05) is 0 Å². The van der Waals surface area contributed by atoms with Crippen LogP contribution in [0, 0.1) is 0 Å². The molecular formula is C12H33Au2P2S+2. The first-order chi connectivity index (χ1) is 6.69. The smallest absolute Gasteiger partial charge is 0.813 e. The molecule has 0 nitrogen and oxygen atoms in total. The molecule has 0 unspecified atom stereocenters. The molecule has 0 aliphatic rings. The van der Waals surface area contributed by atoms with Crippen LogP contribution in [0.2, 0.25) is 0 Å². The first-order valence-electron chi connectivity index (χ1n) is 6.36. The fourth-order valence-electron chi connectivity index (χ4n) is 1.50. The van der Waals surface area contributed by atoms with Crippen molar-refractivity contribution in [1.29, 1.82) is 0 Å². The third-order valence-electron chi connectivity index (χ3n) is 3.00. The van der Waals surface area contributed by atoms with Crippen LogP contribution in [0.25, 0.3) is 0 Å². The summed E-state index contributed by atoms with van der Waals surface area (Å²) < 4.78 is 0. The number of hydrogen-bond acceptors (Lipinski definition) is 1. The van der Waals surface area contributed by atoms with Crippen molar-refractivity contribution >= 4 is 29.3 Å². The summed E-state index contributed by atoms with van der Waals surface area (Å²) in [6.07, 6.45) is 8.74. The first kappa shape index (κ1) is 31.9. The van der Waals surface area contributed by atoms with Gasteiger partial charge in [0.2, 0.25) is 0 Å². The van der Waals surface area contributed by atoms with E-state index in [9.17, 15) is 0 Å². The summed E-state index contributed by atoms with van der Waals surface area (Å²) in [5.41, 5.74) is 0. The predicted octanol–water partition coefficient (Wildman–Crippen LogP) is 4.25. The van der Waals surface area contributed by atoms with E-state index < -0.39 is 0 Å². The molecule has 0 aliphatic carbocycles. The number of rotatable bonds is 6. The summed E-state index contributed by atoms with van der Waals surface area (Å²) in [6.45, 7) is 13.8. The van der Waals surface area contributed by atoms with Crippen LogP contribution in [0.5, 0.6) is 0 Å². The fraction of sp³-hybridized carbons (Fsp3) is 1.00. The van der Waals surface area contributed by atoms with Crippen molar-refractivity contribution in [3.8, 4) is 0 Å². The van der Waals surface area contributed by atoms with Crippen molar-refractivity contribution in [3.63, 3.8) is 0 Å². The molecule has 0 atom stereocenters. The molecule has 0 heterocycles. The molecule has 0 fully saturated rings. The normalized spacial score (nSPS) is 8.47. The molecule has 0 N–H and O–H groups in total. The maximum atomic E-state index is 2.31. The number of hydrogen-bond donors (Lipinski definition) is 0. The van der Waals surface area contributed by atoms with Gasteiger partial charge in [-0.25, -0.2) is 0 Å². The summed E-state index contributed by atoms with van der Waals surface area (Å²) >= 11 is 0. The Morgan fingerprint density at radius 1 is 0.529 bits per heavy atom. The van der Waals surface area contributed by atoms with Gasteiger partial charge in [0.1, 0.15) is 0 Å². The third kappa shape index (κ3) is 24.1. The Morgan fingerprint density at radius 2 is 0.647 bits per heavy atom. The Labute approximate surface area is 151 Å². The predicted molar refractivity (Wildman–Crippen MR) is 88.6 cm³/mol. The van der Waals surface area contributed by atoms with E-state index in [0.29, 0.717) is 0 Å². The minimum Gasteiger partial charge on any atom is -0.813 e. The van der Waals surface area contributed by atoms with Crippen molar-refractivity contribution in [2.75, 3.05) is 37.0 Å². The van der Waals surface area contributed by atoms with E-state index in [2.05, 4.69) is 41.5 Å². The molecule has 0 spiro atoms. The van der Waals surface area contributed by atoms with E-state index in [4.69, 9.17) is 0 Å². The van der Waals surface area contributed by atoms with Gasteiger partial charge in [-0.2, -0.15) is 0 Å². The van der Waals surface area contributed by atoms with Crippen molar-refractivity contribution < 1.29 is 44.8 Å². The Bertz CT molecular complexity index is 77.5. The fourth-order valence-corrected chi connectivity index (χ4v) is 4.50. The molecule has 5 heteroatoms. The van der Waals surface area contributed by atoms with Gasteiger partial charge in [-0.3, -0.25) is 0 Å². The summed E-state index contributed by atoms with van der Waals surface area (Å²) in [5, 5.41) is 0. The summed E-state index contributed by atoms with van der Waals surface area (Å²) in [4.78, 5) is 0. The average molecular weight is 665 g/mol. The molecule has 0 amide bonds. The Hall–Kier alpha value is 2.69. The minimum atomic E-state index is 0. The molecule has 0 rings (SSSR count). The van der Waals surface area contributed by atoms with Crippen molar-refractivity contribution in [1.82, 2.24) is 0 Å². The molecule has 0 bridgehead atoms. The first-order valence-corrected chi connectivity index (χ1v) is 10.6. The van der Waals surface area contributed by atoms with Gasteiger partial charge in [-0.15, -0.1) is 0 Å². The van der Waals surface area contributed by atoms with E-state index in [1.807, 2.05) is 0 Å². The summed E-state index contributed by atoms with van der Waals surface area (Å²) in [6, 6.07) is 0. The van der Waals surface area contributed by atoms with Crippen LogP contribution in [-0.2, 0) is 58.3 Å². The van der Waals surface area contributed by atoms with E-state index in [0.717, 1.165) is 0 Å². The maximum absolute atomic E-state index is 2.31. The molecule has 0 aromatic rings. The quantitative estimate of drug-likeness (QED) is 0.177. The van der Waals surface area contributed by atoms with Gasteiger partial charge in [-0.05, 0) is 57.4 Å². The van der Waals surface area contributed by atoms with Crippen LogP contribution in [0.1, 0.15) is 41.5 Å². The SMILES string of the molecule is CC[PH+](CC)CC.CC[PH+](CC)CC.[Au+].[Au].[SH-]. The summed E-state index contributed by atoms with van der Waals surface area (Å²) in [7, 11) is 0.275. The van der Waals surface area contributed by atoms with Gasteiger partial charge in [0.05, 0.1) is 37.0 Å². The molecule has 0 saturated carbocycles. The summed E-state index contributed by atoms with van der Waals surface area (Å²) in [5.74, 6) is 0. The zero-order chi connectivity index (χ0) is 11.4. The largest absolute Gasteiger partial charge is 1.00 e. The molecule has 0 aromatic heterocycles. The Kier molecular flexibility index (Phi) is 50.8. The molecule has 0 saturated heterocycles. The molecule has 1 radical (unpaired) electrons. The number of thiol groups is 1. The maximum Gasteiger partial charge on any atom is 1.00 e. The molecule has 17 heavy (non-hydrogen) atoms. The monoisotopic (exact) mass is 665 g/mol. The van der Waals surface area contributed by atoms with Crippen LogP contribution < -0.4 is 0 Å². The van der Waals surface area contributed by atoms with Crippen molar-refractivity contribution in [2.24, 2.45) is 0 Å². The van der Waals surface area contributed by atoms with Gasteiger partial charge in [0.15, 0.2) is 0 Å². The topological polar surface area (TPSA) is 0 Å². The van der Waals surface area contributed by atoms with Gasteiger partial charge in [0, 0.05) is 22.4 Å². The van der Waals surface area contributed by atoms with Gasteiger partial charge in [0.25, 0.3) is 0 Å². The van der Waals surface area contributed by atoms with E-state index in [1.165, 1.54) is 37.0 Å². The second kappa shape index (κ2) is 27.1. The average Bonchev–Trinajstić information content (AvgIpc) is 2.24. The van der Waals surface area contributed by atoms with Gasteiger partial charge < -0.3 is 13.5 Å². The molecule has 0 aromatic carbocycles. The van der Waals surface area contributed by atoms with Crippen LogP contribution in [0.3, 0.4) is 0 Å². The van der Waals surface area contributed by atoms with Crippen molar-refractivity contribution in [2.45, 2.75) is 41.5 Å². The second-order valence-electron chi connectivity index (χ2n) is 3.62. The second-order valence-corrected chi connectivity index (χ2v) is 10.9. The molecule has 0 aliphatic heterocycles. The van der Waals surface area contributed by atoms with Gasteiger partial charge >= 0.3 is 22.4 Å². The Balaban J connectivity index is -0.0000000480. The standard InChI is InChI=1S/2C6H15P.2Au.H2S/c2*1-4-7(5-2)6-3;;;/h2*4-6H2,1-3H3;;;1H2/q;;;+1;/p+1. The van der Waals surface area contributed by atoms with E-state index in [-0.39, 0.29) is 74.1 Å². The molecular weight excluding hydrogens is 632 g/mol. The third-order valence-corrected chi connectivity index (χ3v) is 9.00. The van der Waals surface area contributed by atoms with Crippen molar-refractivity contribution in [3.05, 3.63) is 0 Å². The van der Waals surface area contributed by atoms with Crippen LogP contribution >= 0.6 is 15.8 Å². The zero-order valence-electron chi connectivity index (χ0n) is 12.3. The minimum absolute atomic E-state index is 0. The van der Waals surface area contributed by atoms with E-state index >= 15 is 0 Å².